The van der Waals surface area contributed by atoms with Crippen LogP contribution in [0.2, 0.25) is 0 Å². The van der Waals surface area contributed by atoms with Gasteiger partial charge in [-0.1, -0.05) is 12.1 Å². The maximum Gasteiger partial charge on any atom is 0.311 e. The number of rotatable bonds is 6. The Kier molecular flexibility index (Phi) is 4.84. The molecule has 0 spiro atoms. The molecule has 1 unspecified atom stereocenters. The molecule has 1 aromatic carbocycles. The molecule has 2 aromatic rings. The van der Waals surface area contributed by atoms with E-state index in [-0.39, 0.29) is 17.5 Å². The first-order chi connectivity index (χ1) is 10.1. The van der Waals surface area contributed by atoms with Crippen molar-refractivity contribution in [1.29, 1.82) is 0 Å². The van der Waals surface area contributed by atoms with E-state index in [9.17, 15) is 10.1 Å². The average molecular weight is 287 g/mol. The van der Waals surface area contributed by atoms with E-state index in [1.165, 1.54) is 13.2 Å². The third kappa shape index (κ3) is 3.76. The lowest BCUT2D eigenvalue weighted by molar-refractivity contribution is -0.385. The van der Waals surface area contributed by atoms with Crippen LogP contribution in [0.15, 0.2) is 42.7 Å². The molecule has 1 N–H and O–H groups in total. The van der Waals surface area contributed by atoms with E-state index < -0.39 is 4.92 Å². The molecule has 110 valence electrons. The lowest BCUT2D eigenvalue weighted by atomic mass is 10.1. The van der Waals surface area contributed by atoms with Crippen molar-refractivity contribution in [2.24, 2.45) is 0 Å². The molecule has 0 aliphatic carbocycles. The van der Waals surface area contributed by atoms with Crippen molar-refractivity contribution >= 4 is 5.69 Å². The number of nitrogens with one attached hydrogen (secondary N) is 1. The van der Waals surface area contributed by atoms with Gasteiger partial charge >= 0.3 is 5.69 Å². The average Bonchev–Trinajstić information content (AvgIpc) is 2.53. The molecule has 1 atom stereocenters. The van der Waals surface area contributed by atoms with Gasteiger partial charge in [-0.25, -0.2) is 0 Å². The number of pyridine rings is 1. The molecule has 0 fully saturated rings. The zero-order valence-electron chi connectivity index (χ0n) is 11.9. The van der Waals surface area contributed by atoms with E-state index in [0.717, 1.165) is 11.1 Å². The smallest absolute Gasteiger partial charge is 0.311 e. The Morgan fingerprint density at radius 3 is 2.86 bits per heavy atom. The van der Waals surface area contributed by atoms with Crippen molar-refractivity contribution in [1.82, 2.24) is 10.3 Å². The summed E-state index contributed by atoms with van der Waals surface area (Å²) in [6.07, 6.45) is 3.52. The predicted octanol–water partition coefficient (Wildman–Crippen LogP) is 2.85. The fourth-order valence-electron chi connectivity index (χ4n) is 2.01. The summed E-state index contributed by atoms with van der Waals surface area (Å²) < 4.78 is 4.99. The first kappa shape index (κ1) is 14.9. The maximum atomic E-state index is 11.0. The van der Waals surface area contributed by atoms with Crippen LogP contribution in [0.5, 0.6) is 5.75 Å². The summed E-state index contributed by atoms with van der Waals surface area (Å²) >= 11 is 0. The summed E-state index contributed by atoms with van der Waals surface area (Å²) in [5, 5.41) is 14.3. The minimum atomic E-state index is -0.438. The molecule has 0 aliphatic rings. The predicted molar refractivity (Wildman–Crippen MR) is 79.1 cm³/mol. The second kappa shape index (κ2) is 6.81. The van der Waals surface area contributed by atoms with E-state index in [4.69, 9.17) is 4.74 Å². The third-order valence-electron chi connectivity index (χ3n) is 3.24. The van der Waals surface area contributed by atoms with Gasteiger partial charge in [0.25, 0.3) is 0 Å². The minimum absolute atomic E-state index is 0.0224. The number of benzene rings is 1. The molecule has 0 saturated carbocycles. The molecular weight excluding hydrogens is 270 g/mol. The topological polar surface area (TPSA) is 77.3 Å². The van der Waals surface area contributed by atoms with Gasteiger partial charge < -0.3 is 10.1 Å². The number of nitrogens with zero attached hydrogens (tertiary/aromatic N) is 2. The van der Waals surface area contributed by atoms with E-state index in [1.807, 2.05) is 25.1 Å². The second-order valence-electron chi connectivity index (χ2n) is 4.65. The van der Waals surface area contributed by atoms with Crippen LogP contribution in [0.4, 0.5) is 5.69 Å². The number of nitro groups is 1. The van der Waals surface area contributed by atoms with E-state index in [0.29, 0.717) is 6.54 Å². The van der Waals surface area contributed by atoms with Crippen molar-refractivity contribution in [2.45, 2.75) is 19.5 Å². The fraction of sp³-hybridized carbons (Fsp3) is 0.267. The summed E-state index contributed by atoms with van der Waals surface area (Å²) in [6.45, 7) is 2.55. The van der Waals surface area contributed by atoms with Crippen LogP contribution in [-0.4, -0.2) is 17.0 Å². The number of aromatic nitrogens is 1. The highest BCUT2D eigenvalue weighted by Gasteiger charge is 2.15. The summed E-state index contributed by atoms with van der Waals surface area (Å²) in [5.74, 6) is 0.268. The summed E-state index contributed by atoms with van der Waals surface area (Å²) in [7, 11) is 1.42. The van der Waals surface area contributed by atoms with Crippen LogP contribution in [0.1, 0.15) is 24.1 Å². The standard InChI is InChI=1S/C15H17N3O3/c1-11(13-4-3-7-16-10-13)17-9-12-5-6-15(21-2)14(8-12)18(19)20/h3-8,10-11,17H,9H2,1-2H3. The normalized spacial score (nSPS) is 11.9. The minimum Gasteiger partial charge on any atom is -0.490 e. The van der Waals surface area contributed by atoms with E-state index in [2.05, 4.69) is 10.3 Å². The zero-order valence-corrected chi connectivity index (χ0v) is 11.9. The largest absolute Gasteiger partial charge is 0.490 e. The SMILES string of the molecule is COc1ccc(CNC(C)c2cccnc2)cc1[N+](=O)[O-]. The summed E-state index contributed by atoms with van der Waals surface area (Å²) in [4.78, 5) is 14.6. The second-order valence-corrected chi connectivity index (χ2v) is 4.65. The van der Waals surface area contributed by atoms with Crippen LogP contribution in [-0.2, 0) is 6.54 Å². The van der Waals surface area contributed by atoms with Crippen LogP contribution in [0.25, 0.3) is 0 Å². The van der Waals surface area contributed by atoms with Crippen molar-refractivity contribution in [3.05, 3.63) is 64.0 Å². The highest BCUT2D eigenvalue weighted by molar-refractivity contribution is 5.48. The molecule has 1 heterocycles. The van der Waals surface area contributed by atoms with Gasteiger partial charge in [-0.15, -0.1) is 0 Å². The van der Waals surface area contributed by atoms with Gasteiger partial charge in [0.2, 0.25) is 0 Å². The number of hydrogen-bond acceptors (Lipinski definition) is 5. The van der Waals surface area contributed by atoms with Gasteiger partial charge in [0, 0.05) is 31.0 Å². The number of nitro benzene ring substituents is 1. The molecular formula is C15H17N3O3. The van der Waals surface area contributed by atoms with Crippen molar-refractivity contribution < 1.29 is 9.66 Å². The number of ether oxygens (including phenoxy) is 1. The Bertz CT molecular complexity index is 617. The van der Waals surface area contributed by atoms with E-state index in [1.54, 1.807) is 18.5 Å². The maximum absolute atomic E-state index is 11.0. The first-order valence-electron chi connectivity index (χ1n) is 6.56. The lowest BCUT2D eigenvalue weighted by Crippen LogP contribution is -2.18. The first-order valence-corrected chi connectivity index (χ1v) is 6.56. The Morgan fingerprint density at radius 1 is 1.43 bits per heavy atom. The van der Waals surface area contributed by atoms with Gasteiger partial charge in [0.15, 0.2) is 5.75 Å². The van der Waals surface area contributed by atoms with Crippen LogP contribution >= 0.6 is 0 Å². The number of methoxy groups -OCH3 is 1. The molecule has 0 saturated heterocycles. The van der Waals surface area contributed by atoms with Crippen LogP contribution in [0.3, 0.4) is 0 Å². The summed E-state index contributed by atoms with van der Waals surface area (Å²) in [6, 6.07) is 8.94. The quantitative estimate of drug-likeness (QED) is 0.653. The molecule has 0 amide bonds. The van der Waals surface area contributed by atoms with Crippen molar-refractivity contribution in [3.8, 4) is 5.75 Å². The third-order valence-corrected chi connectivity index (χ3v) is 3.24. The Labute approximate surface area is 122 Å². The van der Waals surface area contributed by atoms with Gasteiger partial charge in [-0.3, -0.25) is 15.1 Å². The summed E-state index contributed by atoms with van der Waals surface area (Å²) in [5.41, 5.74) is 1.88. The van der Waals surface area contributed by atoms with Gasteiger partial charge in [-0.2, -0.15) is 0 Å². The highest BCUT2D eigenvalue weighted by Crippen LogP contribution is 2.27. The lowest BCUT2D eigenvalue weighted by Gasteiger charge is -2.14. The van der Waals surface area contributed by atoms with Gasteiger partial charge in [0.05, 0.1) is 12.0 Å². The van der Waals surface area contributed by atoms with Crippen molar-refractivity contribution in [3.63, 3.8) is 0 Å². The highest BCUT2D eigenvalue weighted by atomic mass is 16.6. The van der Waals surface area contributed by atoms with Crippen LogP contribution in [0, 0.1) is 10.1 Å². The van der Waals surface area contributed by atoms with Gasteiger partial charge in [-0.05, 0) is 30.2 Å². The number of hydrogen-bond donors (Lipinski definition) is 1. The van der Waals surface area contributed by atoms with Gasteiger partial charge in [0.1, 0.15) is 0 Å². The molecule has 6 nitrogen and oxygen atoms in total. The van der Waals surface area contributed by atoms with E-state index >= 15 is 0 Å². The molecule has 6 heteroatoms. The Hall–Kier alpha value is -2.47. The van der Waals surface area contributed by atoms with Crippen LogP contribution < -0.4 is 10.1 Å². The molecule has 0 aliphatic heterocycles. The molecule has 0 radical (unpaired) electrons. The fourth-order valence-corrected chi connectivity index (χ4v) is 2.01. The van der Waals surface area contributed by atoms with Crippen molar-refractivity contribution in [2.75, 3.05) is 7.11 Å². The molecule has 1 aromatic heterocycles. The molecule has 2 rings (SSSR count). The Morgan fingerprint density at radius 2 is 2.24 bits per heavy atom. The molecule has 21 heavy (non-hydrogen) atoms. The Balaban J connectivity index is 2.07. The monoisotopic (exact) mass is 287 g/mol. The zero-order chi connectivity index (χ0) is 15.2. The molecule has 0 bridgehead atoms.